The number of fused-ring (bicyclic) bond motifs is 1. The highest BCUT2D eigenvalue weighted by Crippen LogP contribution is 2.33. The molecule has 0 bridgehead atoms. The van der Waals surface area contributed by atoms with Crippen LogP contribution in [0.5, 0.6) is 11.5 Å². The van der Waals surface area contributed by atoms with E-state index in [4.69, 9.17) is 20.2 Å². The van der Waals surface area contributed by atoms with Gasteiger partial charge in [0.05, 0.1) is 20.4 Å². The van der Waals surface area contributed by atoms with Gasteiger partial charge in [-0.3, -0.25) is 10.4 Å². The Morgan fingerprint density at radius 1 is 1.11 bits per heavy atom. The number of ether oxygens (including phenoxy) is 2. The summed E-state index contributed by atoms with van der Waals surface area (Å²) in [4.78, 5) is 4.76. The first-order valence-electron chi connectivity index (χ1n) is 12.6. The van der Waals surface area contributed by atoms with Crippen molar-refractivity contribution in [3.8, 4) is 11.5 Å². The molecule has 0 fully saturated rings. The highest BCUT2D eigenvalue weighted by Gasteiger charge is 2.33. The number of rotatable bonds is 8. The maximum atomic E-state index is 6.87. The molecule has 37 heavy (non-hydrogen) atoms. The van der Waals surface area contributed by atoms with E-state index in [9.17, 15) is 0 Å². The number of hydrogen-bond acceptors (Lipinski definition) is 8. The SMILES string of the molecule is COc1cc(OC)cc(C2(N)N=CC(c3cnn(CC(C)C)c3)=C(Nc3ccc4c(c3)CNCC4)N2)c1. The topological polar surface area (TPSA) is 111 Å². The van der Waals surface area contributed by atoms with Gasteiger partial charge in [0.25, 0.3) is 0 Å². The van der Waals surface area contributed by atoms with Gasteiger partial charge in [0.15, 0.2) is 0 Å². The van der Waals surface area contributed by atoms with Crippen LogP contribution in [0.25, 0.3) is 5.57 Å². The number of hydrogen-bond donors (Lipinski definition) is 4. The molecule has 0 radical (unpaired) electrons. The molecule has 5 N–H and O–H groups in total. The first-order chi connectivity index (χ1) is 17.9. The standard InChI is InChI=1S/C28H35N7O2/c1-18(2)16-35-17-21(14-32-35)26-15-31-28(29,22-10-24(36-3)12-25(11-22)37-4)34-27(26)33-23-6-5-19-7-8-30-13-20(19)9-23/h5-6,9-12,14-15,17-18,30,33-34H,7-8,13,16,29H2,1-4H3. The molecule has 1 unspecified atom stereocenters. The summed E-state index contributed by atoms with van der Waals surface area (Å²) < 4.78 is 12.9. The van der Waals surface area contributed by atoms with E-state index in [1.807, 2.05) is 41.5 Å². The molecule has 3 aromatic rings. The molecule has 0 saturated carbocycles. The van der Waals surface area contributed by atoms with E-state index in [-0.39, 0.29) is 0 Å². The minimum atomic E-state index is -1.24. The highest BCUT2D eigenvalue weighted by molar-refractivity contribution is 6.12. The minimum Gasteiger partial charge on any atom is -0.497 e. The largest absolute Gasteiger partial charge is 0.497 e. The Morgan fingerprint density at radius 3 is 2.62 bits per heavy atom. The second-order valence-corrected chi connectivity index (χ2v) is 9.92. The van der Waals surface area contributed by atoms with E-state index >= 15 is 0 Å². The van der Waals surface area contributed by atoms with E-state index in [2.05, 4.69) is 53.1 Å². The fraction of sp³-hybridized carbons (Fsp3) is 0.357. The predicted molar refractivity (Wildman–Crippen MR) is 146 cm³/mol. The summed E-state index contributed by atoms with van der Waals surface area (Å²) in [7, 11) is 3.23. The lowest BCUT2D eigenvalue weighted by molar-refractivity contribution is 0.373. The van der Waals surface area contributed by atoms with Crippen LogP contribution in [0.1, 0.15) is 36.1 Å². The number of allylic oxidation sites excluding steroid dienone is 1. The van der Waals surface area contributed by atoms with Crippen molar-refractivity contribution in [2.75, 3.05) is 26.1 Å². The van der Waals surface area contributed by atoms with E-state index < -0.39 is 5.79 Å². The van der Waals surface area contributed by atoms with Crippen LogP contribution < -0.4 is 31.2 Å². The third-order valence-corrected chi connectivity index (χ3v) is 6.63. The predicted octanol–water partition coefficient (Wildman–Crippen LogP) is 3.43. The zero-order chi connectivity index (χ0) is 26.0. The van der Waals surface area contributed by atoms with Crippen LogP contribution in [-0.2, 0) is 25.3 Å². The van der Waals surface area contributed by atoms with Crippen molar-refractivity contribution in [2.45, 2.75) is 39.1 Å². The molecule has 0 spiro atoms. The Morgan fingerprint density at radius 2 is 1.89 bits per heavy atom. The van der Waals surface area contributed by atoms with Crippen molar-refractivity contribution < 1.29 is 9.47 Å². The monoisotopic (exact) mass is 501 g/mol. The molecule has 1 aromatic heterocycles. The molecule has 9 heteroatoms. The van der Waals surface area contributed by atoms with Crippen LogP contribution in [0.3, 0.4) is 0 Å². The van der Waals surface area contributed by atoms with Gasteiger partial charge in [0.2, 0.25) is 5.79 Å². The maximum absolute atomic E-state index is 6.87. The summed E-state index contributed by atoms with van der Waals surface area (Å²) in [5, 5.41) is 15.1. The zero-order valence-electron chi connectivity index (χ0n) is 21.8. The van der Waals surface area contributed by atoms with Gasteiger partial charge in [0, 0.05) is 54.0 Å². The lowest BCUT2D eigenvalue weighted by Gasteiger charge is -2.34. The van der Waals surface area contributed by atoms with Gasteiger partial charge in [-0.15, -0.1) is 0 Å². The fourth-order valence-corrected chi connectivity index (χ4v) is 4.69. The van der Waals surface area contributed by atoms with Crippen molar-refractivity contribution in [3.63, 3.8) is 0 Å². The first-order valence-corrected chi connectivity index (χ1v) is 12.6. The van der Waals surface area contributed by atoms with Crippen LogP contribution in [0.15, 0.2) is 59.6 Å². The molecule has 3 heterocycles. The fourth-order valence-electron chi connectivity index (χ4n) is 4.69. The Balaban J connectivity index is 1.54. The summed E-state index contributed by atoms with van der Waals surface area (Å²) in [5.74, 6) is 1.26. The van der Waals surface area contributed by atoms with Gasteiger partial charge >= 0.3 is 0 Å². The summed E-state index contributed by atoms with van der Waals surface area (Å²) in [6.07, 6.45) is 6.75. The van der Waals surface area contributed by atoms with Crippen LogP contribution in [0.2, 0.25) is 0 Å². The molecule has 0 amide bonds. The molecular formula is C28H35N7O2. The lowest BCUT2D eigenvalue weighted by Crippen LogP contribution is -2.51. The Kier molecular flexibility index (Phi) is 6.90. The van der Waals surface area contributed by atoms with E-state index in [1.165, 1.54) is 11.1 Å². The van der Waals surface area contributed by atoms with Gasteiger partial charge in [-0.2, -0.15) is 5.10 Å². The van der Waals surface area contributed by atoms with Gasteiger partial charge in [0.1, 0.15) is 17.3 Å². The van der Waals surface area contributed by atoms with Gasteiger partial charge in [-0.05, 0) is 54.3 Å². The van der Waals surface area contributed by atoms with E-state index in [0.29, 0.717) is 23.0 Å². The average Bonchev–Trinajstić information content (AvgIpc) is 3.35. The number of nitrogens with zero attached hydrogens (tertiary/aromatic N) is 3. The number of aromatic nitrogens is 2. The molecule has 0 aliphatic carbocycles. The number of aliphatic imine (C=N–C) groups is 1. The van der Waals surface area contributed by atoms with Crippen LogP contribution in [0.4, 0.5) is 5.69 Å². The average molecular weight is 502 g/mol. The summed E-state index contributed by atoms with van der Waals surface area (Å²) in [6.45, 7) is 7.05. The molecule has 2 aromatic carbocycles. The molecule has 1 atom stereocenters. The number of nitrogens with one attached hydrogen (secondary N) is 3. The number of anilines is 1. The van der Waals surface area contributed by atoms with Crippen LogP contribution in [0, 0.1) is 5.92 Å². The zero-order valence-corrected chi connectivity index (χ0v) is 21.8. The molecule has 2 aliphatic heterocycles. The lowest BCUT2D eigenvalue weighted by atomic mass is 10.00. The smallest absolute Gasteiger partial charge is 0.210 e. The van der Waals surface area contributed by atoms with E-state index in [1.54, 1.807) is 14.2 Å². The second-order valence-electron chi connectivity index (χ2n) is 9.92. The van der Waals surface area contributed by atoms with Crippen molar-refractivity contribution in [2.24, 2.45) is 16.6 Å². The first kappa shape index (κ1) is 24.9. The summed E-state index contributed by atoms with van der Waals surface area (Å²) in [5.41, 5.74) is 13.0. The van der Waals surface area contributed by atoms with Crippen molar-refractivity contribution in [1.29, 1.82) is 0 Å². The number of benzene rings is 2. The number of nitrogens with two attached hydrogens (primary N) is 1. The Labute approximate surface area is 217 Å². The molecule has 194 valence electrons. The molecular weight excluding hydrogens is 466 g/mol. The quantitative estimate of drug-likeness (QED) is 0.374. The van der Waals surface area contributed by atoms with E-state index in [0.717, 1.165) is 48.7 Å². The summed E-state index contributed by atoms with van der Waals surface area (Å²) >= 11 is 0. The maximum Gasteiger partial charge on any atom is 0.210 e. The minimum absolute atomic E-state index is 0.487. The second kappa shape index (κ2) is 10.3. The molecule has 2 aliphatic rings. The molecule has 0 saturated heterocycles. The normalized spacial score (nSPS) is 19.0. The Hall–Kier alpha value is -3.82. The number of methoxy groups -OCH3 is 2. The van der Waals surface area contributed by atoms with Gasteiger partial charge < -0.3 is 25.4 Å². The Bertz CT molecular complexity index is 1320. The molecule has 5 rings (SSSR count). The van der Waals surface area contributed by atoms with Crippen molar-refractivity contribution >= 4 is 17.5 Å². The third-order valence-electron chi connectivity index (χ3n) is 6.63. The van der Waals surface area contributed by atoms with Crippen LogP contribution in [-0.4, -0.2) is 36.8 Å². The van der Waals surface area contributed by atoms with Crippen molar-refractivity contribution in [3.05, 3.63) is 76.9 Å². The highest BCUT2D eigenvalue weighted by atomic mass is 16.5. The molecule has 9 nitrogen and oxygen atoms in total. The third kappa shape index (κ3) is 5.33. The van der Waals surface area contributed by atoms with Crippen molar-refractivity contribution in [1.82, 2.24) is 20.4 Å². The van der Waals surface area contributed by atoms with Crippen LogP contribution >= 0.6 is 0 Å². The van der Waals surface area contributed by atoms with Gasteiger partial charge in [-0.1, -0.05) is 19.9 Å². The van der Waals surface area contributed by atoms with Gasteiger partial charge in [-0.25, -0.2) is 4.99 Å². The summed E-state index contributed by atoms with van der Waals surface area (Å²) in [6, 6.07) is 12.0.